The number of nitrogens with one attached hydrogen (secondary N) is 1. The van der Waals surface area contributed by atoms with Gasteiger partial charge in [-0.3, -0.25) is 4.79 Å². The lowest BCUT2D eigenvalue weighted by Gasteiger charge is -2.08. The molecule has 1 amide bonds. The highest BCUT2D eigenvalue weighted by Crippen LogP contribution is 2.04. The summed E-state index contributed by atoms with van der Waals surface area (Å²) in [6, 6.07) is 10.7. The van der Waals surface area contributed by atoms with Crippen molar-refractivity contribution in [3.05, 3.63) is 48.0 Å². The number of amides is 1. The molecule has 1 aromatic rings. The predicted molar refractivity (Wildman–Crippen MR) is 76.4 cm³/mol. The molecule has 0 aliphatic heterocycles. The van der Waals surface area contributed by atoms with E-state index in [1.807, 2.05) is 19.1 Å². The van der Waals surface area contributed by atoms with Gasteiger partial charge < -0.3 is 5.32 Å². The van der Waals surface area contributed by atoms with Crippen molar-refractivity contribution in [3.8, 4) is 0 Å². The highest BCUT2D eigenvalue weighted by Gasteiger charge is 2.00. The Morgan fingerprint density at radius 1 is 1.33 bits per heavy atom. The molecular weight excluding hydrogens is 222 g/mol. The van der Waals surface area contributed by atoms with Crippen molar-refractivity contribution in [2.75, 3.05) is 0 Å². The van der Waals surface area contributed by atoms with E-state index in [-0.39, 0.29) is 11.9 Å². The monoisotopic (exact) mass is 245 g/mol. The van der Waals surface area contributed by atoms with Crippen molar-refractivity contribution in [2.45, 2.75) is 45.6 Å². The lowest BCUT2D eigenvalue weighted by Crippen LogP contribution is -2.30. The third-order valence-corrected chi connectivity index (χ3v) is 2.95. The fraction of sp³-hybridized carbons (Fsp3) is 0.438. The Hall–Kier alpha value is -1.57. The molecule has 1 N–H and O–H groups in total. The van der Waals surface area contributed by atoms with Gasteiger partial charge in [0.25, 0.3) is 0 Å². The van der Waals surface area contributed by atoms with E-state index in [9.17, 15) is 4.79 Å². The van der Waals surface area contributed by atoms with Crippen LogP contribution in [0.3, 0.4) is 0 Å². The van der Waals surface area contributed by atoms with Gasteiger partial charge in [-0.1, -0.05) is 43.3 Å². The van der Waals surface area contributed by atoms with Crippen LogP contribution in [0.15, 0.2) is 42.5 Å². The van der Waals surface area contributed by atoms with E-state index in [1.54, 1.807) is 6.08 Å². The summed E-state index contributed by atoms with van der Waals surface area (Å²) < 4.78 is 0. The first kappa shape index (κ1) is 14.5. The number of rotatable bonds is 7. The largest absolute Gasteiger partial charge is 0.350 e. The molecule has 0 radical (unpaired) electrons. The number of unbranched alkanes of at least 4 members (excludes halogenated alkanes) is 1. The fourth-order valence-electron chi connectivity index (χ4n) is 1.65. The first-order valence-corrected chi connectivity index (χ1v) is 6.73. The van der Waals surface area contributed by atoms with Crippen LogP contribution in [0.2, 0.25) is 0 Å². The molecule has 2 nitrogen and oxygen atoms in total. The first-order valence-electron chi connectivity index (χ1n) is 6.73. The van der Waals surface area contributed by atoms with Gasteiger partial charge in [0, 0.05) is 6.04 Å². The molecule has 0 aliphatic carbocycles. The Morgan fingerprint density at radius 2 is 2.06 bits per heavy atom. The van der Waals surface area contributed by atoms with Crippen molar-refractivity contribution in [3.63, 3.8) is 0 Å². The summed E-state index contributed by atoms with van der Waals surface area (Å²) in [6.45, 7) is 4.08. The molecule has 0 bridgehead atoms. The number of hydrogen-bond acceptors (Lipinski definition) is 1. The van der Waals surface area contributed by atoms with Crippen molar-refractivity contribution in [2.24, 2.45) is 0 Å². The van der Waals surface area contributed by atoms with Crippen LogP contribution in [-0.4, -0.2) is 11.9 Å². The van der Waals surface area contributed by atoms with Gasteiger partial charge in [-0.15, -0.1) is 0 Å². The van der Waals surface area contributed by atoms with Crippen LogP contribution >= 0.6 is 0 Å². The van der Waals surface area contributed by atoms with E-state index < -0.39 is 0 Å². The molecule has 0 aliphatic rings. The van der Waals surface area contributed by atoms with Gasteiger partial charge in [0.05, 0.1) is 0 Å². The molecule has 0 fully saturated rings. The van der Waals surface area contributed by atoms with Gasteiger partial charge in [-0.05, 0) is 44.2 Å². The van der Waals surface area contributed by atoms with Gasteiger partial charge in [0.15, 0.2) is 0 Å². The Labute approximate surface area is 110 Å². The third-order valence-electron chi connectivity index (χ3n) is 2.95. The van der Waals surface area contributed by atoms with Crippen LogP contribution in [0.5, 0.6) is 0 Å². The minimum atomic E-state index is 0.0176. The van der Waals surface area contributed by atoms with Crippen LogP contribution < -0.4 is 5.32 Å². The maximum Gasteiger partial charge on any atom is 0.243 e. The molecule has 1 atom stereocenters. The summed E-state index contributed by atoms with van der Waals surface area (Å²) in [4.78, 5) is 11.4. The molecule has 1 aromatic carbocycles. The molecule has 0 heterocycles. The molecule has 0 saturated carbocycles. The summed E-state index contributed by atoms with van der Waals surface area (Å²) in [5, 5.41) is 2.91. The Morgan fingerprint density at radius 3 is 2.72 bits per heavy atom. The number of benzene rings is 1. The van der Waals surface area contributed by atoms with E-state index in [0.29, 0.717) is 0 Å². The molecular formula is C16H23NO. The molecule has 18 heavy (non-hydrogen) atoms. The quantitative estimate of drug-likeness (QED) is 0.578. The zero-order chi connectivity index (χ0) is 13.2. The van der Waals surface area contributed by atoms with Crippen molar-refractivity contribution < 1.29 is 4.79 Å². The van der Waals surface area contributed by atoms with Gasteiger partial charge >= 0.3 is 0 Å². The lowest BCUT2D eigenvalue weighted by atomic mass is 10.1. The van der Waals surface area contributed by atoms with Crippen LogP contribution in [0, 0.1) is 0 Å². The summed E-state index contributed by atoms with van der Waals surface area (Å²) in [5.41, 5.74) is 1.36. The van der Waals surface area contributed by atoms with Gasteiger partial charge in [0.1, 0.15) is 0 Å². The Bertz CT molecular complexity index is 370. The Kier molecular flexibility index (Phi) is 6.85. The van der Waals surface area contributed by atoms with Gasteiger partial charge in [-0.25, -0.2) is 0 Å². The van der Waals surface area contributed by atoms with Crippen LogP contribution in [0.25, 0.3) is 0 Å². The number of carbonyl (C=O) groups excluding carboxylic acids is 1. The van der Waals surface area contributed by atoms with Gasteiger partial charge in [-0.2, -0.15) is 0 Å². The molecule has 0 aromatic heterocycles. The smallest absolute Gasteiger partial charge is 0.243 e. The average Bonchev–Trinajstić information content (AvgIpc) is 2.39. The summed E-state index contributed by atoms with van der Waals surface area (Å²) in [7, 11) is 0. The van der Waals surface area contributed by atoms with Crippen molar-refractivity contribution in [1.29, 1.82) is 0 Å². The molecule has 98 valence electrons. The maximum absolute atomic E-state index is 11.4. The second kappa shape index (κ2) is 8.51. The zero-order valence-corrected chi connectivity index (χ0v) is 11.4. The van der Waals surface area contributed by atoms with E-state index in [4.69, 9.17) is 0 Å². The minimum Gasteiger partial charge on any atom is -0.350 e. The van der Waals surface area contributed by atoms with Crippen LogP contribution in [-0.2, 0) is 11.2 Å². The summed E-state index contributed by atoms with van der Waals surface area (Å²) >= 11 is 0. The third kappa shape index (κ3) is 6.24. The summed E-state index contributed by atoms with van der Waals surface area (Å²) in [6.07, 6.45) is 7.67. The maximum atomic E-state index is 11.4. The predicted octanol–water partition coefficient (Wildman–Crippen LogP) is 3.48. The standard InChI is InChI=1S/C16H23NO/c1-3-14(2)17-16(18)13-9-5-8-12-15-10-6-4-7-11-15/h4,6-7,9-11,13-14H,3,5,8,12H2,1-2H3,(H,17,18). The highest BCUT2D eigenvalue weighted by molar-refractivity contribution is 5.87. The normalized spacial score (nSPS) is 12.6. The molecule has 1 unspecified atom stereocenters. The van der Waals surface area contributed by atoms with E-state index in [2.05, 4.69) is 36.5 Å². The second-order valence-corrected chi connectivity index (χ2v) is 4.60. The minimum absolute atomic E-state index is 0.0176. The van der Waals surface area contributed by atoms with Gasteiger partial charge in [0.2, 0.25) is 5.91 Å². The van der Waals surface area contributed by atoms with E-state index >= 15 is 0 Å². The number of carbonyl (C=O) groups is 1. The number of hydrogen-bond donors (Lipinski definition) is 1. The Balaban J connectivity index is 2.16. The highest BCUT2D eigenvalue weighted by atomic mass is 16.1. The number of aryl methyl sites for hydroxylation is 1. The molecule has 0 saturated heterocycles. The lowest BCUT2D eigenvalue weighted by molar-refractivity contribution is -0.117. The van der Waals surface area contributed by atoms with Crippen molar-refractivity contribution >= 4 is 5.91 Å². The molecule has 0 spiro atoms. The topological polar surface area (TPSA) is 29.1 Å². The average molecular weight is 245 g/mol. The number of allylic oxidation sites excluding steroid dienone is 1. The summed E-state index contributed by atoms with van der Waals surface area (Å²) in [5.74, 6) is 0.0176. The van der Waals surface area contributed by atoms with Crippen LogP contribution in [0.1, 0.15) is 38.7 Å². The van der Waals surface area contributed by atoms with Crippen molar-refractivity contribution in [1.82, 2.24) is 5.32 Å². The molecule has 1 rings (SSSR count). The van der Waals surface area contributed by atoms with E-state index in [1.165, 1.54) is 5.56 Å². The van der Waals surface area contributed by atoms with E-state index in [0.717, 1.165) is 25.7 Å². The first-order chi connectivity index (χ1) is 8.72. The SMILES string of the molecule is CCC(C)NC(=O)C=CCCCc1ccccc1. The zero-order valence-electron chi connectivity index (χ0n) is 11.4. The van der Waals surface area contributed by atoms with Crippen LogP contribution in [0.4, 0.5) is 0 Å². The molecule has 2 heteroatoms. The fourth-order valence-corrected chi connectivity index (χ4v) is 1.65. The second-order valence-electron chi connectivity index (χ2n) is 4.60.